The Morgan fingerprint density at radius 1 is 1.26 bits per heavy atom. The van der Waals surface area contributed by atoms with Crippen LogP contribution in [0.1, 0.15) is 18.5 Å². The van der Waals surface area contributed by atoms with Crippen molar-refractivity contribution in [2.45, 2.75) is 12.8 Å². The van der Waals surface area contributed by atoms with E-state index in [9.17, 15) is 10.1 Å². The van der Waals surface area contributed by atoms with Crippen LogP contribution >= 0.6 is 0 Å². The van der Waals surface area contributed by atoms with E-state index in [-0.39, 0.29) is 5.91 Å². The van der Waals surface area contributed by atoms with Gasteiger partial charge in [-0.05, 0) is 24.6 Å². The number of anilines is 2. The van der Waals surface area contributed by atoms with Crippen molar-refractivity contribution in [2.75, 3.05) is 63.6 Å². The Labute approximate surface area is 199 Å². The maximum absolute atomic E-state index is 12.5. The summed E-state index contributed by atoms with van der Waals surface area (Å²) in [6, 6.07) is 11.3. The van der Waals surface area contributed by atoms with Gasteiger partial charge >= 0.3 is 0 Å². The zero-order valence-electron chi connectivity index (χ0n) is 19.3. The van der Waals surface area contributed by atoms with Gasteiger partial charge in [-0.25, -0.2) is 9.97 Å². The van der Waals surface area contributed by atoms with Crippen molar-refractivity contribution >= 4 is 23.1 Å². The molecule has 1 saturated heterocycles. The molecular weight excluding hydrogens is 434 g/mol. The van der Waals surface area contributed by atoms with E-state index in [0.29, 0.717) is 54.8 Å². The molecular formula is C24H29N7O3. The fourth-order valence-electron chi connectivity index (χ4n) is 3.88. The first-order valence-electron chi connectivity index (χ1n) is 11.4. The molecule has 178 valence electrons. The molecule has 10 heteroatoms. The molecule has 10 nitrogen and oxygen atoms in total. The average molecular weight is 464 g/mol. The second-order valence-electron chi connectivity index (χ2n) is 8.05. The number of hydrogen-bond acceptors (Lipinski definition) is 9. The fourth-order valence-corrected chi connectivity index (χ4v) is 3.88. The van der Waals surface area contributed by atoms with Crippen molar-refractivity contribution in [3.05, 3.63) is 48.1 Å². The van der Waals surface area contributed by atoms with Crippen LogP contribution in [0.15, 0.2) is 42.4 Å². The maximum Gasteiger partial charge on any atom is 0.223 e. The molecule has 4 rings (SSSR count). The summed E-state index contributed by atoms with van der Waals surface area (Å²) in [6.45, 7) is 5.46. The van der Waals surface area contributed by atoms with Gasteiger partial charge in [-0.2, -0.15) is 5.26 Å². The van der Waals surface area contributed by atoms with Gasteiger partial charge in [-0.15, -0.1) is 0 Å². The lowest BCUT2D eigenvalue weighted by Gasteiger charge is -2.34. The largest absolute Gasteiger partial charge is 0.437 e. The van der Waals surface area contributed by atoms with E-state index >= 15 is 0 Å². The summed E-state index contributed by atoms with van der Waals surface area (Å²) in [7, 11) is 1.70. The molecule has 1 amide bonds. The summed E-state index contributed by atoms with van der Waals surface area (Å²) < 4.78 is 10.9. The molecule has 0 saturated carbocycles. The third kappa shape index (κ3) is 5.81. The maximum atomic E-state index is 12.5. The lowest BCUT2D eigenvalue weighted by atomic mass is 10.2. The molecule has 1 aromatic heterocycles. The molecule has 2 N–H and O–H groups in total. The Kier molecular flexibility index (Phi) is 7.91. The molecule has 0 unspecified atom stereocenters. The zero-order valence-corrected chi connectivity index (χ0v) is 19.3. The van der Waals surface area contributed by atoms with E-state index < -0.39 is 0 Å². The minimum Gasteiger partial charge on any atom is -0.437 e. The number of carbonyl (C=O) groups excluding carboxylic acids is 1. The molecule has 3 heterocycles. The number of benzene rings is 1. The van der Waals surface area contributed by atoms with Crippen molar-refractivity contribution in [1.29, 1.82) is 5.26 Å². The van der Waals surface area contributed by atoms with Gasteiger partial charge in [0.1, 0.15) is 11.6 Å². The van der Waals surface area contributed by atoms with Crippen molar-refractivity contribution in [3.8, 4) is 11.8 Å². The molecule has 1 fully saturated rings. The number of carbonyl (C=O) groups is 1. The first-order valence-corrected chi connectivity index (χ1v) is 11.4. The smallest absolute Gasteiger partial charge is 0.223 e. The van der Waals surface area contributed by atoms with Gasteiger partial charge in [0.15, 0.2) is 5.75 Å². The molecule has 0 radical (unpaired) electrons. The highest BCUT2D eigenvalue weighted by Crippen LogP contribution is 2.35. The Bertz CT molecular complexity index is 1050. The number of amides is 1. The summed E-state index contributed by atoms with van der Waals surface area (Å²) >= 11 is 0. The number of nitriles is 1. The van der Waals surface area contributed by atoms with E-state index in [1.54, 1.807) is 19.4 Å². The van der Waals surface area contributed by atoms with E-state index in [1.807, 2.05) is 29.2 Å². The summed E-state index contributed by atoms with van der Waals surface area (Å²) in [4.78, 5) is 25.4. The van der Waals surface area contributed by atoms with Crippen LogP contribution in [0.25, 0.3) is 5.57 Å². The Balaban J connectivity index is 1.26. The van der Waals surface area contributed by atoms with Crippen molar-refractivity contribution in [3.63, 3.8) is 0 Å². The second kappa shape index (κ2) is 11.4. The van der Waals surface area contributed by atoms with Crippen LogP contribution in [0, 0.1) is 11.3 Å². The van der Waals surface area contributed by atoms with Crippen molar-refractivity contribution in [1.82, 2.24) is 19.8 Å². The number of fused-ring (bicyclic) bond motifs is 1. The Hall–Kier alpha value is -3.68. The molecule has 0 aliphatic carbocycles. The number of nitrogens with one attached hydrogen (secondary N) is 2. The highest BCUT2D eigenvalue weighted by molar-refractivity contribution is 5.81. The van der Waals surface area contributed by atoms with Crippen LogP contribution in [0.3, 0.4) is 0 Å². The van der Waals surface area contributed by atoms with Crippen molar-refractivity contribution < 1.29 is 14.3 Å². The molecule has 34 heavy (non-hydrogen) atoms. The predicted molar refractivity (Wildman–Crippen MR) is 128 cm³/mol. The second-order valence-corrected chi connectivity index (χ2v) is 8.05. The summed E-state index contributed by atoms with van der Waals surface area (Å²) in [5.41, 5.74) is 1.55. The summed E-state index contributed by atoms with van der Waals surface area (Å²) in [5.74, 6) is 1.59. The number of aromatic nitrogens is 2. The van der Waals surface area contributed by atoms with Crippen LogP contribution in [0.4, 0.5) is 11.6 Å². The van der Waals surface area contributed by atoms with Gasteiger partial charge in [-0.1, -0.05) is 12.1 Å². The van der Waals surface area contributed by atoms with Crippen LogP contribution in [-0.2, 0) is 9.53 Å². The number of ether oxygens (including phenoxy) is 2. The molecule has 0 spiro atoms. The minimum absolute atomic E-state index is 0.170. The van der Waals surface area contributed by atoms with E-state index in [2.05, 4.69) is 31.6 Å². The standard InChI is InChI=1S/C24H29N7O3/c1-33-16-15-30-11-13-31(14-12-30)22(32)7-4-9-26-24-27-10-8-19(29-24)18(17-25)23-28-20-5-2-3-6-21(20)34-23/h2-3,5-6,8,10,28H,4,7,9,11-16H2,1H3,(H,26,27,29). The lowest BCUT2D eigenvalue weighted by molar-refractivity contribution is -0.133. The number of para-hydroxylation sites is 2. The quantitative estimate of drug-likeness (QED) is 0.426. The van der Waals surface area contributed by atoms with Gasteiger partial charge in [0, 0.05) is 59.0 Å². The third-order valence-electron chi connectivity index (χ3n) is 5.79. The molecule has 0 atom stereocenters. The number of nitrogens with zero attached hydrogens (tertiary/aromatic N) is 5. The summed E-state index contributed by atoms with van der Waals surface area (Å²) in [5, 5.41) is 16.0. The lowest BCUT2D eigenvalue weighted by Crippen LogP contribution is -2.49. The first-order chi connectivity index (χ1) is 16.7. The monoisotopic (exact) mass is 463 g/mol. The van der Waals surface area contributed by atoms with Crippen LogP contribution in [0.2, 0.25) is 0 Å². The van der Waals surface area contributed by atoms with Gasteiger partial charge in [0.25, 0.3) is 0 Å². The van der Waals surface area contributed by atoms with Crippen LogP contribution in [0.5, 0.6) is 5.75 Å². The van der Waals surface area contributed by atoms with Gasteiger partial charge < -0.3 is 25.0 Å². The molecule has 1 aromatic carbocycles. The van der Waals surface area contributed by atoms with Crippen molar-refractivity contribution in [2.24, 2.45) is 0 Å². The number of hydrogen-bond donors (Lipinski definition) is 2. The van der Waals surface area contributed by atoms with E-state index in [4.69, 9.17) is 9.47 Å². The highest BCUT2D eigenvalue weighted by Gasteiger charge is 2.22. The molecule has 2 aliphatic rings. The highest BCUT2D eigenvalue weighted by atomic mass is 16.5. The minimum atomic E-state index is 0.170. The van der Waals surface area contributed by atoms with Gasteiger partial charge in [0.05, 0.1) is 18.0 Å². The SMILES string of the molecule is COCCN1CCN(C(=O)CCCNc2nccc(C(C#N)=C3Nc4ccccc4O3)n2)CC1. The van der Waals surface area contributed by atoms with Crippen LogP contribution in [-0.4, -0.2) is 78.7 Å². The van der Waals surface area contributed by atoms with Gasteiger partial charge in [-0.3, -0.25) is 9.69 Å². The molecule has 2 aromatic rings. The molecule has 2 aliphatic heterocycles. The first kappa shape index (κ1) is 23.5. The topological polar surface area (TPSA) is 116 Å². The Morgan fingerprint density at radius 3 is 2.85 bits per heavy atom. The summed E-state index contributed by atoms with van der Waals surface area (Å²) in [6.07, 6.45) is 2.73. The molecule has 0 bridgehead atoms. The van der Waals surface area contributed by atoms with Crippen LogP contribution < -0.4 is 15.4 Å². The number of methoxy groups -OCH3 is 1. The normalized spacial score (nSPS) is 16.8. The van der Waals surface area contributed by atoms with E-state index in [0.717, 1.165) is 38.4 Å². The Morgan fingerprint density at radius 2 is 2.09 bits per heavy atom. The number of piperazine rings is 1. The van der Waals surface area contributed by atoms with E-state index in [1.165, 1.54) is 0 Å². The average Bonchev–Trinajstić information content (AvgIpc) is 3.30. The zero-order chi connectivity index (χ0) is 23.8. The fraction of sp³-hybridized carbons (Fsp3) is 0.417. The van der Waals surface area contributed by atoms with Gasteiger partial charge in [0.2, 0.25) is 17.7 Å². The number of allylic oxidation sites excluding steroid dienone is 1. The third-order valence-corrected chi connectivity index (χ3v) is 5.79. The predicted octanol–water partition coefficient (Wildman–Crippen LogP) is 2.16. The number of rotatable bonds is 9.